The molecule has 1 N–H and O–H groups in total. The van der Waals surface area contributed by atoms with E-state index in [9.17, 15) is 9.59 Å². The van der Waals surface area contributed by atoms with Crippen LogP contribution in [-0.4, -0.2) is 75.4 Å². The number of aryl methyl sites for hydroxylation is 1. The second-order valence-corrected chi connectivity index (χ2v) is 12.1. The second kappa shape index (κ2) is 12.8. The highest BCUT2D eigenvalue weighted by Gasteiger charge is 2.25. The Balaban J connectivity index is 1.20. The largest absolute Gasteiger partial charge is 0.492 e. The molecule has 226 valence electrons. The number of pyridine rings is 1. The monoisotopic (exact) mass is 624 g/mol. The molecule has 1 aliphatic heterocycles. The number of aromatic nitrogens is 3. The van der Waals surface area contributed by atoms with E-state index in [-0.39, 0.29) is 11.7 Å². The highest BCUT2D eigenvalue weighted by atomic mass is 35.5. The molecule has 1 fully saturated rings. The Kier molecular flexibility index (Phi) is 9.10. The van der Waals surface area contributed by atoms with Gasteiger partial charge in [-0.3, -0.25) is 14.3 Å². The molecule has 12 heteroatoms. The van der Waals surface area contributed by atoms with Gasteiger partial charge in [0.05, 0.1) is 15.6 Å². The summed E-state index contributed by atoms with van der Waals surface area (Å²) in [7, 11) is 1.65. The molecule has 0 saturated carbocycles. The molecule has 2 aromatic carbocycles. The Morgan fingerprint density at radius 1 is 1.02 bits per heavy atom. The second-order valence-electron chi connectivity index (χ2n) is 11.3. The molecule has 0 spiro atoms. The molecule has 0 radical (unpaired) electrons. The van der Waals surface area contributed by atoms with E-state index in [1.54, 1.807) is 42.4 Å². The first kappa shape index (κ1) is 30.6. The van der Waals surface area contributed by atoms with Crippen LogP contribution in [-0.2, 0) is 11.8 Å². The lowest BCUT2D eigenvalue weighted by Crippen LogP contribution is -2.50. The summed E-state index contributed by atoms with van der Waals surface area (Å²) in [6.07, 6.45) is 1.39. The molecule has 5 rings (SSSR count). The minimum atomic E-state index is -0.499. The summed E-state index contributed by atoms with van der Waals surface area (Å²) in [6, 6.07) is 14.4. The van der Waals surface area contributed by atoms with Crippen LogP contribution in [0.1, 0.15) is 20.8 Å². The zero-order valence-corrected chi connectivity index (χ0v) is 26.1. The van der Waals surface area contributed by atoms with Gasteiger partial charge in [-0.25, -0.2) is 9.78 Å². The predicted molar refractivity (Wildman–Crippen MR) is 170 cm³/mol. The number of hydrogen-bond donors (Lipinski definition) is 1. The van der Waals surface area contributed by atoms with Gasteiger partial charge in [-0.15, -0.1) is 0 Å². The highest BCUT2D eigenvalue weighted by molar-refractivity contribution is 6.39. The average molecular weight is 626 g/mol. The topological polar surface area (TPSA) is 102 Å². The van der Waals surface area contributed by atoms with Crippen molar-refractivity contribution in [3.8, 4) is 16.9 Å². The van der Waals surface area contributed by atoms with E-state index in [2.05, 4.69) is 20.2 Å². The Labute approximate surface area is 260 Å². The number of rotatable bonds is 7. The van der Waals surface area contributed by atoms with Crippen LogP contribution in [0.25, 0.3) is 22.2 Å². The number of piperazine rings is 1. The number of anilines is 2. The van der Waals surface area contributed by atoms with E-state index in [4.69, 9.17) is 32.7 Å². The quantitative estimate of drug-likeness (QED) is 0.268. The lowest BCUT2D eigenvalue weighted by molar-refractivity contribution is 0.0137. The molecule has 10 nitrogen and oxygen atoms in total. The minimum Gasteiger partial charge on any atom is -0.492 e. The van der Waals surface area contributed by atoms with E-state index in [0.29, 0.717) is 63.6 Å². The average Bonchev–Trinajstić information content (AvgIpc) is 2.95. The van der Waals surface area contributed by atoms with Crippen molar-refractivity contribution in [1.82, 2.24) is 24.3 Å². The van der Waals surface area contributed by atoms with Crippen LogP contribution in [0, 0.1) is 0 Å². The normalized spacial score (nSPS) is 14.1. The van der Waals surface area contributed by atoms with E-state index < -0.39 is 5.60 Å². The molecule has 1 saturated heterocycles. The third kappa shape index (κ3) is 7.38. The number of benzene rings is 2. The highest BCUT2D eigenvalue weighted by Crippen LogP contribution is 2.34. The SMILES string of the molecule is Cn1c(=O)c(-c2c(Cl)cccc2Cl)cc2cnc(Nc3cccc(OCCN4CCN(C(=O)OC(C)(C)C)CC4)c3)nc21. The third-order valence-electron chi connectivity index (χ3n) is 6.97. The number of carbonyl (C=O) groups excluding carboxylic acids is 1. The van der Waals surface area contributed by atoms with Crippen molar-refractivity contribution in [2.24, 2.45) is 7.05 Å². The van der Waals surface area contributed by atoms with Crippen molar-refractivity contribution in [1.29, 1.82) is 0 Å². The molecule has 0 unspecified atom stereocenters. The molecule has 0 bridgehead atoms. The molecular formula is C31H34Cl2N6O4. The van der Waals surface area contributed by atoms with E-state index in [0.717, 1.165) is 25.3 Å². The van der Waals surface area contributed by atoms with Crippen LogP contribution >= 0.6 is 23.2 Å². The maximum atomic E-state index is 13.2. The van der Waals surface area contributed by atoms with Crippen molar-refractivity contribution < 1.29 is 14.3 Å². The molecule has 0 atom stereocenters. The minimum absolute atomic E-state index is 0.267. The van der Waals surface area contributed by atoms with Crippen molar-refractivity contribution in [3.63, 3.8) is 0 Å². The molecule has 0 aliphatic carbocycles. The molecule has 2 aromatic heterocycles. The van der Waals surface area contributed by atoms with E-state index in [1.165, 1.54) is 4.57 Å². The van der Waals surface area contributed by atoms with Gasteiger partial charge in [0, 0.05) is 68.7 Å². The number of amides is 1. The van der Waals surface area contributed by atoms with Crippen molar-refractivity contribution in [2.45, 2.75) is 26.4 Å². The zero-order chi connectivity index (χ0) is 30.7. The summed E-state index contributed by atoms with van der Waals surface area (Å²) in [5.74, 6) is 1.04. The lowest BCUT2D eigenvalue weighted by atomic mass is 10.1. The Bertz CT molecular complexity index is 1680. The Morgan fingerprint density at radius 2 is 1.72 bits per heavy atom. The number of halogens is 2. The van der Waals surface area contributed by atoms with E-state index in [1.807, 2.05) is 45.0 Å². The molecule has 3 heterocycles. The maximum Gasteiger partial charge on any atom is 0.410 e. The maximum absolute atomic E-state index is 13.2. The molecule has 1 amide bonds. The third-order valence-corrected chi connectivity index (χ3v) is 7.60. The van der Waals surface area contributed by atoms with Crippen molar-refractivity contribution in [3.05, 3.63) is 75.1 Å². The molecule has 4 aromatic rings. The number of ether oxygens (including phenoxy) is 2. The summed E-state index contributed by atoms with van der Waals surface area (Å²) >= 11 is 12.7. The van der Waals surface area contributed by atoms with Gasteiger partial charge in [0.1, 0.15) is 23.6 Å². The van der Waals surface area contributed by atoms with Crippen LogP contribution < -0.4 is 15.6 Å². The number of nitrogens with one attached hydrogen (secondary N) is 1. The summed E-state index contributed by atoms with van der Waals surface area (Å²) in [6.45, 7) is 9.63. The predicted octanol–water partition coefficient (Wildman–Crippen LogP) is 5.98. The van der Waals surface area contributed by atoms with Crippen LogP contribution in [0.15, 0.2) is 59.5 Å². The van der Waals surface area contributed by atoms with Gasteiger partial charge in [0.25, 0.3) is 5.56 Å². The van der Waals surface area contributed by atoms with Gasteiger partial charge in [-0.2, -0.15) is 4.98 Å². The van der Waals surface area contributed by atoms with Crippen LogP contribution in [0.5, 0.6) is 5.75 Å². The molecule has 43 heavy (non-hydrogen) atoms. The van der Waals surface area contributed by atoms with Gasteiger partial charge in [0.2, 0.25) is 5.95 Å². The smallest absolute Gasteiger partial charge is 0.410 e. The molecular weight excluding hydrogens is 591 g/mol. The molecule has 1 aliphatic rings. The lowest BCUT2D eigenvalue weighted by Gasteiger charge is -2.35. The Hall–Kier alpha value is -3.86. The van der Waals surface area contributed by atoms with Crippen LogP contribution in [0.3, 0.4) is 0 Å². The fraction of sp³-hybridized carbons (Fsp3) is 0.355. The first-order chi connectivity index (χ1) is 20.5. The van der Waals surface area contributed by atoms with Crippen LogP contribution in [0.4, 0.5) is 16.4 Å². The van der Waals surface area contributed by atoms with Gasteiger partial charge in [0.15, 0.2) is 0 Å². The summed E-state index contributed by atoms with van der Waals surface area (Å²) in [5, 5.41) is 4.66. The number of hydrogen-bond acceptors (Lipinski definition) is 8. The summed E-state index contributed by atoms with van der Waals surface area (Å²) < 4.78 is 12.9. The Morgan fingerprint density at radius 3 is 2.42 bits per heavy atom. The standard InChI is InChI=1S/C31H34Cl2N6O4/c1-31(2,3)43-30(41)39-13-11-38(12-14-39)15-16-42-22-8-5-7-21(18-22)35-29-34-19-20-17-23(28(40)37(4)27(20)36-29)26-24(32)9-6-10-25(26)33/h5-10,17-19H,11-16H2,1-4H3,(H,34,35,36). The number of nitrogens with zero attached hydrogens (tertiary/aromatic N) is 5. The number of fused-ring (bicyclic) bond motifs is 1. The van der Waals surface area contributed by atoms with Crippen molar-refractivity contribution >= 4 is 52.0 Å². The van der Waals surface area contributed by atoms with Gasteiger partial charge < -0.3 is 19.7 Å². The first-order valence-corrected chi connectivity index (χ1v) is 14.8. The fourth-order valence-electron chi connectivity index (χ4n) is 4.81. The number of carbonyl (C=O) groups is 1. The van der Waals surface area contributed by atoms with Crippen LogP contribution in [0.2, 0.25) is 10.0 Å². The van der Waals surface area contributed by atoms with Gasteiger partial charge in [-0.05, 0) is 51.1 Å². The summed E-state index contributed by atoms with van der Waals surface area (Å²) in [5.41, 5.74) is 1.30. The fourth-order valence-corrected chi connectivity index (χ4v) is 5.41. The van der Waals surface area contributed by atoms with Gasteiger partial charge >= 0.3 is 6.09 Å². The van der Waals surface area contributed by atoms with E-state index >= 15 is 0 Å². The van der Waals surface area contributed by atoms with Gasteiger partial charge in [-0.1, -0.05) is 35.3 Å². The zero-order valence-electron chi connectivity index (χ0n) is 24.6. The van der Waals surface area contributed by atoms with Crippen molar-refractivity contribution in [2.75, 3.05) is 44.6 Å². The summed E-state index contributed by atoms with van der Waals surface area (Å²) in [4.78, 5) is 38.6. The first-order valence-electron chi connectivity index (χ1n) is 14.0.